The van der Waals surface area contributed by atoms with E-state index >= 15 is 0 Å². The first kappa shape index (κ1) is 19.6. The van der Waals surface area contributed by atoms with E-state index in [1.54, 1.807) is 43.5 Å². The van der Waals surface area contributed by atoms with Crippen molar-refractivity contribution in [1.29, 1.82) is 0 Å². The number of amides is 3. The van der Waals surface area contributed by atoms with E-state index in [1.165, 1.54) is 12.0 Å². The molecule has 0 aromatic heterocycles. The third-order valence-electron chi connectivity index (χ3n) is 5.05. The molecule has 0 saturated carbocycles. The highest BCUT2D eigenvalue weighted by atomic mass is 16.5. The van der Waals surface area contributed by atoms with Crippen molar-refractivity contribution in [2.75, 3.05) is 42.9 Å². The average Bonchev–Trinajstić information content (AvgIpc) is 3.14. The second-order valence-electron chi connectivity index (χ2n) is 6.98. The summed E-state index contributed by atoms with van der Waals surface area (Å²) in [4.78, 5) is 38.4. The number of carbonyl (C=O) groups is 3. The Kier molecular flexibility index (Phi) is 5.18. The maximum atomic E-state index is 12.8. The zero-order chi connectivity index (χ0) is 21.3. The summed E-state index contributed by atoms with van der Waals surface area (Å²) < 4.78 is 15.9. The van der Waals surface area contributed by atoms with Crippen molar-refractivity contribution in [3.8, 4) is 17.2 Å². The molecule has 9 heteroatoms. The Hall–Kier alpha value is -3.75. The summed E-state index contributed by atoms with van der Waals surface area (Å²) in [6, 6.07) is 10.2. The minimum atomic E-state index is -0.532. The summed E-state index contributed by atoms with van der Waals surface area (Å²) in [7, 11) is 3.06. The molecule has 9 nitrogen and oxygen atoms in total. The van der Waals surface area contributed by atoms with Crippen LogP contribution in [0.4, 0.5) is 17.1 Å². The van der Waals surface area contributed by atoms with Gasteiger partial charge in [-0.3, -0.25) is 14.4 Å². The standard InChI is InChI=1S/C21H21N3O6/c1-28-14-4-6-18(29-2)16(9-14)24-10-12(7-20(24)26)21(27)22-13-3-5-17-15(8-13)23-19(25)11-30-17/h3-6,8-9,12H,7,10-11H2,1-2H3,(H,22,27)(H,23,25)/t12-/m0/s1. The molecule has 3 amide bonds. The van der Waals surface area contributed by atoms with Crippen LogP contribution >= 0.6 is 0 Å². The molecule has 2 aliphatic heterocycles. The van der Waals surface area contributed by atoms with Gasteiger partial charge in [0.2, 0.25) is 11.8 Å². The van der Waals surface area contributed by atoms with Crippen molar-refractivity contribution in [2.45, 2.75) is 6.42 Å². The summed E-state index contributed by atoms with van der Waals surface area (Å²) in [5, 5.41) is 5.51. The number of hydrogen-bond donors (Lipinski definition) is 2. The Morgan fingerprint density at radius 3 is 2.77 bits per heavy atom. The number of nitrogens with one attached hydrogen (secondary N) is 2. The van der Waals surface area contributed by atoms with E-state index in [4.69, 9.17) is 14.2 Å². The van der Waals surface area contributed by atoms with Crippen LogP contribution in [-0.4, -0.2) is 45.1 Å². The first-order valence-corrected chi connectivity index (χ1v) is 9.38. The number of fused-ring (bicyclic) bond motifs is 1. The predicted molar refractivity (Wildman–Crippen MR) is 109 cm³/mol. The lowest BCUT2D eigenvalue weighted by Crippen LogP contribution is -2.28. The largest absolute Gasteiger partial charge is 0.497 e. The quantitative estimate of drug-likeness (QED) is 0.780. The van der Waals surface area contributed by atoms with E-state index in [1.807, 2.05) is 0 Å². The Morgan fingerprint density at radius 2 is 2.00 bits per heavy atom. The van der Waals surface area contributed by atoms with Crippen molar-refractivity contribution in [1.82, 2.24) is 0 Å². The molecule has 1 saturated heterocycles. The van der Waals surface area contributed by atoms with E-state index in [-0.39, 0.29) is 37.3 Å². The topological polar surface area (TPSA) is 106 Å². The molecule has 4 rings (SSSR count). The van der Waals surface area contributed by atoms with Crippen molar-refractivity contribution in [3.63, 3.8) is 0 Å². The van der Waals surface area contributed by atoms with E-state index < -0.39 is 5.92 Å². The highest BCUT2D eigenvalue weighted by Crippen LogP contribution is 2.36. The van der Waals surface area contributed by atoms with Gasteiger partial charge in [0.25, 0.3) is 5.91 Å². The fourth-order valence-electron chi connectivity index (χ4n) is 3.53. The molecule has 156 valence electrons. The maximum Gasteiger partial charge on any atom is 0.262 e. The average molecular weight is 411 g/mol. The van der Waals surface area contributed by atoms with E-state index in [9.17, 15) is 14.4 Å². The number of rotatable bonds is 5. The molecule has 30 heavy (non-hydrogen) atoms. The molecule has 0 radical (unpaired) electrons. The van der Waals surface area contributed by atoms with Gasteiger partial charge in [0.05, 0.1) is 31.5 Å². The lowest BCUT2D eigenvalue weighted by molar-refractivity contribution is -0.122. The van der Waals surface area contributed by atoms with Gasteiger partial charge in [-0.1, -0.05) is 0 Å². The maximum absolute atomic E-state index is 12.8. The van der Waals surface area contributed by atoms with Crippen molar-refractivity contribution < 1.29 is 28.6 Å². The van der Waals surface area contributed by atoms with E-state index in [0.717, 1.165) is 0 Å². The molecule has 2 N–H and O–H groups in total. The van der Waals surface area contributed by atoms with Crippen LogP contribution < -0.4 is 29.7 Å². The SMILES string of the molecule is COc1ccc(OC)c(N2C[C@@H](C(=O)Nc3ccc4c(c3)NC(=O)CO4)CC2=O)c1. The van der Waals surface area contributed by atoms with E-state index in [2.05, 4.69) is 10.6 Å². The predicted octanol–water partition coefficient (Wildman–Crippen LogP) is 2.03. The Morgan fingerprint density at radius 1 is 1.17 bits per heavy atom. The number of nitrogens with zero attached hydrogens (tertiary/aromatic N) is 1. The van der Waals surface area contributed by atoms with Crippen LogP contribution in [-0.2, 0) is 14.4 Å². The molecule has 0 spiro atoms. The van der Waals surface area contributed by atoms with Crippen LogP contribution in [0.2, 0.25) is 0 Å². The van der Waals surface area contributed by atoms with Gasteiger partial charge in [-0.2, -0.15) is 0 Å². The van der Waals surface area contributed by atoms with Crippen molar-refractivity contribution >= 4 is 34.8 Å². The highest BCUT2D eigenvalue weighted by molar-refractivity contribution is 6.05. The lowest BCUT2D eigenvalue weighted by atomic mass is 10.1. The Balaban J connectivity index is 1.49. The lowest BCUT2D eigenvalue weighted by Gasteiger charge is -2.21. The zero-order valence-electron chi connectivity index (χ0n) is 16.6. The van der Waals surface area contributed by atoms with Crippen molar-refractivity contribution in [3.05, 3.63) is 36.4 Å². The summed E-state index contributed by atoms with van der Waals surface area (Å²) in [6.45, 7) is 0.186. The summed E-state index contributed by atoms with van der Waals surface area (Å²) >= 11 is 0. The first-order chi connectivity index (χ1) is 14.5. The number of benzene rings is 2. The summed E-state index contributed by atoms with van der Waals surface area (Å²) in [5.74, 6) is 0.412. The van der Waals surface area contributed by atoms with E-state index in [0.29, 0.717) is 34.3 Å². The van der Waals surface area contributed by atoms with Crippen LogP contribution in [0.25, 0.3) is 0 Å². The number of methoxy groups -OCH3 is 2. The molecule has 2 aromatic rings. The fourth-order valence-corrected chi connectivity index (χ4v) is 3.53. The third kappa shape index (κ3) is 3.73. The minimum absolute atomic E-state index is 0.0353. The molecular weight excluding hydrogens is 390 g/mol. The molecule has 2 heterocycles. The van der Waals surface area contributed by atoms with Gasteiger partial charge in [-0.25, -0.2) is 0 Å². The van der Waals surface area contributed by atoms with Crippen LogP contribution in [0.5, 0.6) is 17.2 Å². The Bertz CT molecular complexity index is 1020. The van der Waals surface area contributed by atoms with Crippen LogP contribution in [0, 0.1) is 5.92 Å². The molecule has 1 fully saturated rings. The second kappa shape index (κ2) is 7.94. The molecule has 0 bridgehead atoms. The van der Waals surface area contributed by atoms with Gasteiger partial charge >= 0.3 is 0 Å². The van der Waals surface area contributed by atoms with Crippen LogP contribution in [0.15, 0.2) is 36.4 Å². The first-order valence-electron chi connectivity index (χ1n) is 9.38. The number of hydrogen-bond acceptors (Lipinski definition) is 6. The van der Waals surface area contributed by atoms with Crippen LogP contribution in [0.1, 0.15) is 6.42 Å². The summed E-state index contributed by atoms with van der Waals surface area (Å²) in [5.41, 5.74) is 1.56. The molecule has 0 unspecified atom stereocenters. The third-order valence-corrected chi connectivity index (χ3v) is 5.05. The number of ether oxygens (including phenoxy) is 3. The van der Waals surface area contributed by atoms with Gasteiger partial charge in [0.1, 0.15) is 17.2 Å². The zero-order valence-corrected chi connectivity index (χ0v) is 16.6. The van der Waals surface area contributed by atoms with Gasteiger partial charge < -0.3 is 29.7 Å². The molecule has 0 aliphatic carbocycles. The van der Waals surface area contributed by atoms with Crippen LogP contribution in [0.3, 0.4) is 0 Å². The van der Waals surface area contributed by atoms with Crippen molar-refractivity contribution in [2.24, 2.45) is 5.92 Å². The fraction of sp³-hybridized carbons (Fsp3) is 0.286. The molecule has 2 aromatic carbocycles. The van der Waals surface area contributed by atoms with Gasteiger partial charge in [0.15, 0.2) is 6.61 Å². The normalized spacial score (nSPS) is 17.7. The monoisotopic (exact) mass is 411 g/mol. The molecule has 1 atom stereocenters. The summed E-state index contributed by atoms with van der Waals surface area (Å²) in [6.07, 6.45) is 0.0803. The minimum Gasteiger partial charge on any atom is -0.497 e. The van der Waals surface area contributed by atoms with Gasteiger partial charge in [-0.15, -0.1) is 0 Å². The second-order valence-corrected chi connectivity index (χ2v) is 6.98. The number of carbonyl (C=O) groups excluding carboxylic acids is 3. The molecule has 2 aliphatic rings. The van der Waals surface area contributed by atoms with Gasteiger partial charge in [0, 0.05) is 24.7 Å². The van der Waals surface area contributed by atoms with Gasteiger partial charge in [-0.05, 0) is 30.3 Å². The smallest absolute Gasteiger partial charge is 0.262 e. The number of anilines is 3. The molecular formula is C21H21N3O6. The Labute approximate surface area is 172 Å². The highest BCUT2D eigenvalue weighted by Gasteiger charge is 2.36.